The number of anilines is 1. The van der Waals surface area contributed by atoms with Gasteiger partial charge < -0.3 is 15.0 Å². The van der Waals surface area contributed by atoms with Crippen LogP contribution >= 0.6 is 23.8 Å². The summed E-state index contributed by atoms with van der Waals surface area (Å²) in [5, 5.41) is 3.78. The molecule has 144 valence electrons. The molecule has 2 heterocycles. The molecule has 0 fully saturated rings. The van der Waals surface area contributed by atoms with Crippen LogP contribution in [0.4, 0.5) is 5.69 Å². The molecule has 2 aromatic heterocycles. The molecule has 0 bridgehead atoms. The van der Waals surface area contributed by atoms with E-state index in [1.165, 1.54) is 6.20 Å². The van der Waals surface area contributed by atoms with Gasteiger partial charge in [0.05, 0.1) is 22.8 Å². The fraction of sp³-hybridized carbons (Fsp3) is 0. The van der Waals surface area contributed by atoms with Gasteiger partial charge in [-0.2, -0.15) is 0 Å². The van der Waals surface area contributed by atoms with E-state index in [1.54, 1.807) is 54.6 Å². The van der Waals surface area contributed by atoms with Crippen LogP contribution in [-0.4, -0.2) is 20.9 Å². The van der Waals surface area contributed by atoms with E-state index in [-0.39, 0.29) is 16.2 Å². The molecule has 9 heteroatoms. The van der Waals surface area contributed by atoms with Crippen molar-refractivity contribution in [2.24, 2.45) is 0 Å². The third kappa shape index (κ3) is 4.34. The number of hydrogen-bond acceptors (Lipinski definition) is 5. The van der Waals surface area contributed by atoms with Crippen molar-refractivity contribution in [2.45, 2.75) is 0 Å². The molecule has 4 aromatic rings. The number of nitrogens with zero attached hydrogens (tertiary/aromatic N) is 1. The van der Waals surface area contributed by atoms with Crippen molar-refractivity contribution in [2.75, 3.05) is 5.32 Å². The lowest BCUT2D eigenvalue weighted by molar-refractivity contribution is 0.102. The summed E-state index contributed by atoms with van der Waals surface area (Å²) in [6, 6.07) is 14.9. The lowest BCUT2D eigenvalue weighted by Crippen LogP contribution is -2.13. The Morgan fingerprint density at radius 1 is 1.07 bits per heavy atom. The molecule has 1 amide bonds. The van der Waals surface area contributed by atoms with Crippen LogP contribution in [0.1, 0.15) is 10.4 Å². The van der Waals surface area contributed by atoms with Gasteiger partial charge in [-0.25, -0.2) is 4.98 Å². The van der Waals surface area contributed by atoms with E-state index < -0.39 is 0 Å². The Kier molecular flexibility index (Phi) is 5.11. The average Bonchev–Trinajstić information content (AvgIpc) is 2.70. The summed E-state index contributed by atoms with van der Waals surface area (Å²) in [5.74, 6) is 0.629. The van der Waals surface area contributed by atoms with E-state index in [1.807, 2.05) is 0 Å². The van der Waals surface area contributed by atoms with E-state index in [2.05, 4.69) is 20.3 Å². The predicted molar refractivity (Wildman–Crippen MR) is 113 cm³/mol. The van der Waals surface area contributed by atoms with Gasteiger partial charge in [0, 0.05) is 16.7 Å². The van der Waals surface area contributed by atoms with Crippen molar-refractivity contribution in [3.63, 3.8) is 0 Å². The van der Waals surface area contributed by atoms with Crippen LogP contribution in [0, 0.1) is 4.77 Å². The van der Waals surface area contributed by atoms with Crippen molar-refractivity contribution in [1.82, 2.24) is 15.0 Å². The summed E-state index contributed by atoms with van der Waals surface area (Å²) in [5.41, 5.74) is 1.04. The third-order valence-electron chi connectivity index (χ3n) is 4.03. The van der Waals surface area contributed by atoms with E-state index >= 15 is 0 Å². The molecule has 0 saturated carbocycles. The zero-order valence-corrected chi connectivity index (χ0v) is 16.3. The van der Waals surface area contributed by atoms with Crippen LogP contribution in [0.3, 0.4) is 0 Å². The number of halogens is 1. The molecule has 0 atom stereocenters. The van der Waals surface area contributed by atoms with Gasteiger partial charge >= 0.3 is 0 Å². The Hall–Kier alpha value is -3.49. The standard InChI is InChI=1S/C20H13ClN4O3S/c21-12-2-5-14(6-3-12)28-17-8-4-13(10-22-17)23-18(26)11-1-7-15-16(9-11)24-20(29)25-19(15)27/h1-10H,(H,23,26)(H2,24,25,27,29). The number of aromatic nitrogens is 3. The van der Waals surface area contributed by atoms with E-state index in [0.29, 0.717) is 38.8 Å². The maximum atomic E-state index is 12.5. The normalized spacial score (nSPS) is 10.7. The fourth-order valence-corrected chi connectivity index (χ4v) is 2.98. The largest absolute Gasteiger partial charge is 0.439 e. The first-order valence-electron chi connectivity index (χ1n) is 8.45. The van der Waals surface area contributed by atoms with Crippen molar-refractivity contribution in [3.8, 4) is 11.6 Å². The average molecular weight is 425 g/mol. The highest BCUT2D eigenvalue weighted by Gasteiger charge is 2.09. The number of aromatic amines is 2. The summed E-state index contributed by atoms with van der Waals surface area (Å²) in [7, 11) is 0. The zero-order chi connectivity index (χ0) is 20.4. The Bertz CT molecular complexity index is 1310. The Labute approximate surface area is 174 Å². The molecule has 29 heavy (non-hydrogen) atoms. The summed E-state index contributed by atoms with van der Waals surface area (Å²) >= 11 is 10.8. The quantitative estimate of drug-likeness (QED) is 0.413. The van der Waals surface area contributed by atoms with Gasteiger partial charge in [0.25, 0.3) is 11.5 Å². The Balaban J connectivity index is 1.49. The predicted octanol–water partition coefficient (Wildman–Crippen LogP) is 4.68. The van der Waals surface area contributed by atoms with Crippen LogP contribution in [0.15, 0.2) is 65.6 Å². The van der Waals surface area contributed by atoms with Crippen LogP contribution in [0.5, 0.6) is 11.6 Å². The Morgan fingerprint density at radius 3 is 2.59 bits per heavy atom. The smallest absolute Gasteiger partial charge is 0.259 e. The second-order valence-corrected chi connectivity index (χ2v) is 6.91. The SMILES string of the molecule is O=C(Nc1ccc(Oc2ccc(Cl)cc2)nc1)c1ccc2c(=O)[nH]c(=S)[nH]c2c1. The minimum absolute atomic E-state index is 0.195. The van der Waals surface area contributed by atoms with Gasteiger partial charge in [0.2, 0.25) is 5.88 Å². The molecule has 3 N–H and O–H groups in total. The molecule has 0 aliphatic carbocycles. The molecular weight excluding hydrogens is 412 g/mol. The van der Waals surface area contributed by atoms with E-state index in [0.717, 1.165) is 0 Å². The maximum absolute atomic E-state index is 12.5. The summed E-state index contributed by atoms with van der Waals surface area (Å²) in [6.45, 7) is 0. The first-order valence-corrected chi connectivity index (χ1v) is 9.24. The van der Waals surface area contributed by atoms with Gasteiger partial charge in [-0.3, -0.25) is 14.6 Å². The highest BCUT2D eigenvalue weighted by atomic mass is 35.5. The number of benzene rings is 2. The maximum Gasteiger partial charge on any atom is 0.259 e. The zero-order valence-electron chi connectivity index (χ0n) is 14.7. The molecule has 4 rings (SSSR count). The third-order valence-corrected chi connectivity index (χ3v) is 4.49. The number of H-pyrrole nitrogens is 2. The van der Waals surface area contributed by atoms with Gasteiger partial charge in [-0.1, -0.05) is 11.6 Å². The second-order valence-electron chi connectivity index (χ2n) is 6.06. The van der Waals surface area contributed by atoms with E-state index in [9.17, 15) is 9.59 Å². The number of hydrogen-bond donors (Lipinski definition) is 3. The van der Waals surface area contributed by atoms with Gasteiger partial charge in [-0.05, 0) is 60.7 Å². The van der Waals surface area contributed by atoms with Crippen LogP contribution in [-0.2, 0) is 0 Å². The second kappa shape index (κ2) is 7.86. The number of carbonyl (C=O) groups excluding carboxylic acids is 1. The van der Waals surface area contributed by atoms with Crippen LogP contribution < -0.4 is 15.6 Å². The number of pyridine rings is 1. The topological polar surface area (TPSA) is 99.9 Å². The Morgan fingerprint density at radius 2 is 1.86 bits per heavy atom. The lowest BCUT2D eigenvalue weighted by atomic mass is 10.1. The minimum atomic E-state index is -0.348. The molecular formula is C20H13ClN4O3S. The molecule has 0 aliphatic rings. The molecule has 0 saturated heterocycles. The van der Waals surface area contributed by atoms with Crippen molar-refractivity contribution >= 4 is 46.3 Å². The lowest BCUT2D eigenvalue weighted by Gasteiger charge is -2.08. The van der Waals surface area contributed by atoms with Crippen LogP contribution in [0.25, 0.3) is 10.9 Å². The monoisotopic (exact) mass is 424 g/mol. The first-order chi connectivity index (χ1) is 14.0. The minimum Gasteiger partial charge on any atom is -0.439 e. The van der Waals surface area contributed by atoms with Gasteiger partial charge in [0.15, 0.2) is 4.77 Å². The highest BCUT2D eigenvalue weighted by Crippen LogP contribution is 2.22. The molecule has 0 unspecified atom stereocenters. The first kappa shape index (κ1) is 18.9. The molecule has 0 spiro atoms. The van der Waals surface area contributed by atoms with Crippen LogP contribution in [0.2, 0.25) is 5.02 Å². The molecule has 2 aromatic carbocycles. The fourth-order valence-electron chi connectivity index (χ4n) is 2.65. The number of rotatable bonds is 4. The van der Waals surface area contributed by atoms with Crippen molar-refractivity contribution < 1.29 is 9.53 Å². The molecule has 0 aliphatic heterocycles. The number of amides is 1. The number of carbonyl (C=O) groups is 1. The van der Waals surface area contributed by atoms with Crippen molar-refractivity contribution in [3.05, 3.63) is 86.5 Å². The summed E-state index contributed by atoms with van der Waals surface area (Å²) < 4.78 is 5.81. The van der Waals surface area contributed by atoms with Gasteiger partial charge in [0.1, 0.15) is 5.75 Å². The number of fused-ring (bicyclic) bond motifs is 1. The molecule has 7 nitrogen and oxygen atoms in total. The molecule has 0 radical (unpaired) electrons. The number of ether oxygens (including phenoxy) is 1. The number of nitrogens with one attached hydrogen (secondary N) is 3. The summed E-state index contributed by atoms with van der Waals surface area (Å²) in [4.78, 5) is 34.0. The van der Waals surface area contributed by atoms with E-state index in [4.69, 9.17) is 28.6 Å². The van der Waals surface area contributed by atoms with Gasteiger partial charge in [-0.15, -0.1) is 0 Å². The summed E-state index contributed by atoms with van der Waals surface area (Å²) in [6.07, 6.45) is 1.49. The highest BCUT2D eigenvalue weighted by molar-refractivity contribution is 7.71. The van der Waals surface area contributed by atoms with Crippen molar-refractivity contribution in [1.29, 1.82) is 0 Å².